The Hall–Kier alpha value is -2.56. The van der Waals surface area contributed by atoms with E-state index in [9.17, 15) is 4.79 Å². The highest BCUT2D eigenvalue weighted by Crippen LogP contribution is 2.20. The first kappa shape index (κ1) is 10.6. The highest BCUT2D eigenvalue weighted by molar-refractivity contribution is 5.94. The van der Waals surface area contributed by atoms with Crippen LogP contribution in [0.3, 0.4) is 0 Å². The average Bonchev–Trinajstić information content (AvgIpc) is 2.97. The molecule has 3 aromatic rings. The summed E-state index contributed by atoms with van der Waals surface area (Å²) in [7, 11) is 0. The van der Waals surface area contributed by atoms with Gasteiger partial charge < -0.3 is 14.7 Å². The van der Waals surface area contributed by atoms with Gasteiger partial charge in [0.25, 0.3) is 0 Å². The van der Waals surface area contributed by atoms with Crippen molar-refractivity contribution in [1.82, 2.24) is 14.5 Å². The summed E-state index contributed by atoms with van der Waals surface area (Å²) in [5.74, 6) is -0.945. The summed E-state index contributed by atoms with van der Waals surface area (Å²) in [5.41, 5.74) is 2.12. The van der Waals surface area contributed by atoms with Crippen molar-refractivity contribution in [2.75, 3.05) is 0 Å². The standard InChI is InChI=1S/C13H11N3O2/c17-13(18)11-6-9-2-1-3-10(12(9)15-11)7-16-5-4-14-8-16/h1-6,8,15H,7H2,(H,17,18). The van der Waals surface area contributed by atoms with E-state index < -0.39 is 5.97 Å². The lowest BCUT2D eigenvalue weighted by molar-refractivity contribution is 0.0691. The minimum Gasteiger partial charge on any atom is -0.477 e. The first-order valence-electron chi connectivity index (χ1n) is 5.54. The van der Waals surface area contributed by atoms with E-state index in [-0.39, 0.29) is 5.69 Å². The predicted octanol–water partition coefficient (Wildman–Crippen LogP) is 2.11. The molecule has 0 spiro atoms. The fourth-order valence-corrected chi connectivity index (χ4v) is 2.04. The zero-order valence-electron chi connectivity index (χ0n) is 9.50. The average molecular weight is 241 g/mol. The lowest BCUT2D eigenvalue weighted by Gasteiger charge is -2.04. The lowest BCUT2D eigenvalue weighted by atomic mass is 10.1. The van der Waals surface area contributed by atoms with Crippen molar-refractivity contribution in [3.05, 3.63) is 54.2 Å². The summed E-state index contributed by atoms with van der Waals surface area (Å²) in [6, 6.07) is 7.45. The van der Waals surface area contributed by atoms with Gasteiger partial charge in [-0.2, -0.15) is 0 Å². The van der Waals surface area contributed by atoms with E-state index in [1.807, 2.05) is 29.0 Å². The van der Waals surface area contributed by atoms with Crippen LogP contribution in [0.5, 0.6) is 0 Å². The molecule has 0 aliphatic rings. The Balaban J connectivity index is 2.08. The van der Waals surface area contributed by atoms with Crippen LogP contribution in [0.15, 0.2) is 43.0 Å². The molecule has 0 radical (unpaired) electrons. The molecule has 0 saturated carbocycles. The number of carboxylic acid groups (broad SMARTS) is 1. The molecular formula is C13H11N3O2. The maximum Gasteiger partial charge on any atom is 0.352 e. The minimum atomic E-state index is -0.945. The van der Waals surface area contributed by atoms with Crippen molar-refractivity contribution < 1.29 is 9.90 Å². The quantitative estimate of drug-likeness (QED) is 0.737. The molecule has 5 nitrogen and oxygen atoms in total. The van der Waals surface area contributed by atoms with Gasteiger partial charge in [0.1, 0.15) is 5.69 Å². The number of benzene rings is 1. The Morgan fingerprint density at radius 1 is 1.44 bits per heavy atom. The molecule has 0 atom stereocenters. The topological polar surface area (TPSA) is 70.9 Å². The van der Waals surface area contributed by atoms with Gasteiger partial charge in [0.2, 0.25) is 0 Å². The summed E-state index contributed by atoms with van der Waals surface area (Å²) in [5, 5.41) is 9.89. The van der Waals surface area contributed by atoms with Gasteiger partial charge in [-0.15, -0.1) is 0 Å². The van der Waals surface area contributed by atoms with Crippen LogP contribution in [0.2, 0.25) is 0 Å². The molecule has 0 amide bonds. The van der Waals surface area contributed by atoms with Gasteiger partial charge in [-0.05, 0) is 11.6 Å². The number of hydrogen-bond acceptors (Lipinski definition) is 2. The Morgan fingerprint density at radius 2 is 2.33 bits per heavy atom. The smallest absolute Gasteiger partial charge is 0.352 e. The van der Waals surface area contributed by atoms with Gasteiger partial charge >= 0.3 is 5.97 Å². The summed E-state index contributed by atoms with van der Waals surface area (Å²) >= 11 is 0. The molecule has 18 heavy (non-hydrogen) atoms. The van der Waals surface area contributed by atoms with Gasteiger partial charge in [-0.3, -0.25) is 0 Å². The molecule has 5 heteroatoms. The SMILES string of the molecule is O=C(O)c1cc2cccc(Cn3ccnc3)c2[nH]1. The number of imidazole rings is 1. The van der Waals surface area contributed by atoms with Crippen molar-refractivity contribution in [2.24, 2.45) is 0 Å². The monoisotopic (exact) mass is 241 g/mol. The molecule has 0 saturated heterocycles. The van der Waals surface area contributed by atoms with E-state index in [0.717, 1.165) is 16.5 Å². The van der Waals surface area contributed by atoms with Crippen molar-refractivity contribution in [3.8, 4) is 0 Å². The second-order valence-corrected chi connectivity index (χ2v) is 4.10. The van der Waals surface area contributed by atoms with Gasteiger partial charge in [0, 0.05) is 17.8 Å². The number of aromatic nitrogens is 3. The molecule has 2 N–H and O–H groups in total. The fourth-order valence-electron chi connectivity index (χ4n) is 2.04. The van der Waals surface area contributed by atoms with Crippen LogP contribution in [0, 0.1) is 0 Å². The third kappa shape index (κ3) is 1.75. The molecule has 3 rings (SSSR count). The number of rotatable bonds is 3. The summed E-state index contributed by atoms with van der Waals surface area (Å²) in [4.78, 5) is 17.9. The predicted molar refractivity (Wildman–Crippen MR) is 66.6 cm³/mol. The molecule has 0 unspecified atom stereocenters. The van der Waals surface area contributed by atoms with Crippen molar-refractivity contribution in [1.29, 1.82) is 0 Å². The Morgan fingerprint density at radius 3 is 3.06 bits per heavy atom. The van der Waals surface area contributed by atoms with Gasteiger partial charge in [-0.25, -0.2) is 9.78 Å². The zero-order valence-corrected chi connectivity index (χ0v) is 9.50. The van der Waals surface area contributed by atoms with E-state index in [1.165, 1.54) is 0 Å². The number of aromatic amines is 1. The molecule has 0 fully saturated rings. The Bertz CT molecular complexity index is 698. The van der Waals surface area contributed by atoms with Gasteiger partial charge in [0.05, 0.1) is 18.4 Å². The van der Waals surface area contributed by atoms with Crippen LogP contribution in [0.25, 0.3) is 10.9 Å². The summed E-state index contributed by atoms with van der Waals surface area (Å²) in [6.45, 7) is 0.664. The lowest BCUT2D eigenvalue weighted by Crippen LogP contribution is -1.98. The molecule has 90 valence electrons. The Kier molecular flexibility index (Phi) is 2.37. The van der Waals surface area contributed by atoms with Crippen LogP contribution in [0.1, 0.15) is 16.1 Å². The molecule has 2 heterocycles. The second-order valence-electron chi connectivity index (χ2n) is 4.10. The van der Waals surface area contributed by atoms with Crippen LogP contribution < -0.4 is 0 Å². The maximum absolute atomic E-state index is 11.0. The molecule has 0 aliphatic heterocycles. The first-order chi connectivity index (χ1) is 8.74. The van der Waals surface area contributed by atoms with Gasteiger partial charge in [0.15, 0.2) is 0 Å². The summed E-state index contributed by atoms with van der Waals surface area (Å²) < 4.78 is 1.94. The van der Waals surface area contributed by atoms with Crippen LogP contribution >= 0.6 is 0 Å². The third-order valence-corrected chi connectivity index (χ3v) is 2.89. The van der Waals surface area contributed by atoms with Crippen molar-refractivity contribution >= 4 is 16.9 Å². The Labute approximate surface area is 103 Å². The minimum absolute atomic E-state index is 0.211. The largest absolute Gasteiger partial charge is 0.477 e. The number of carbonyl (C=O) groups is 1. The van der Waals surface area contributed by atoms with Gasteiger partial charge in [-0.1, -0.05) is 18.2 Å². The summed E-state index contributed by atoms with van der Waals surface area (Å²) in [6.07, 6.45) is 5.33. The number of H-pyrrole nitrogens is 1. The normalized spacial score (nSPS) is 10.9. The van der Waals surface area contributed by atoms with E-state index >= 15 is 0 Å². The number of aromatic carboxylic acids is 1. The van der Waals surface area contributed by atoms with Crippen LogP contribution in [0.4, 0.5) is 0 Å². The maximum atomic E-state index is 11.0. The zero-order chi connectivity index (χ0) is 12.5. The highest BCUT2D eigenvalue weighted by atomic mass is 16.4. The van der Waals surface area contributed by atoms with E-state index in [1.54, 1.807) is 18.6 Å². The second kappa shape index (κ2) is 4.03. The number of nitrogens with zero attached hydrogens (tertiary/aromatic N) is 2. The van der Waals surface area contributed by atoms with E-state index in [4.69, 9.17) is 5.11 Å². The van der Waals surface area contributed by atoms with Crippen LogP contribution in [-0.2, 0) is 6.54 Å². The van der Waals surface area contributed by atoms with Crippen molar-refractivity contribution in [2.45, 2.75) is 6.54 Å². The first-order valence-corrected chi connectivity index (χ1v) is 5.54. The van der Waals surface area contributed by atoms with Crippen LogP contribution in [-0.4, -0.2) is 25.6 Å². The number of nitrogens with one attached hydrogen (secondary N) is 1. The number of fused-ring (bicyclic) bond motifs is 1. The number of hydrogen-bond donors (Lipinski definition) is 2. The molecular weight excluding hydrogens is 230 g/mol. The number of para-hydroxylation sites is 1. The number of carboxylic acids is 1. The highest BCUT2D eigenvalue weighted by Gasteiger charge is 2.10. The molecule has 0 aliphatic carbocycles. The fraction of sp³-hybridized carbons (Fsp3) is 0.0769. The van der Waals surface area contributed by atoms with E-state index in [2.05, 4.69) is 9.97 Å². The molecule has 2 aromatic heterocycles. The molecule has 0 bridgehead atoms. The van der Waals surface area contributed by atoms with Crippen molar-refractivity contribution in [3.63, 3.8) is 0 Å². The third-order valence-electron chi connectivity index (χ3n) is 2.89. The molecule has 1 aromatic carbocycles. The van der Waals surface area contributed by atoms with E-state index in [0.29, 0.717) is 6.54 Å².